The predicted octanol–water partition coefficient (Wildman–Crippen LogP) is -1.71. The summed E-state index contributed by atoms with van der Waals surface area (Å²) in [4.78, 5) is 98.8. The highest BCUT2D eigenvalue weighted by Gasteiger charge is 2.29. The Morgan fingerprint density at radius 2 is 1.25 bits per heavy atom. The molecule has 1 aromatic rings. The van der Waals surface area contributed by atoms with Crippen LogP contribution in [-0.4, -0.2) is 137 Å². The van der Waals surface area contributed by atoms with Crippen molar-refractivity contribution in [3.8, 4) is 0 Å². The average molecular weight is 784 g/mol. The average Bonchev–Trinajstić information content (AvgIpc) is 3.13. The predicted molar refractivity (Wildman–Crippen MR) is 193 cm³/mol. The van der Waals surface area contributed by atoms with Crippen LogP contribution in [0.3, 0.4) is 0 Å². The summed E-state index contributed by atoms with van der Waals surface area (Å²) < 4.78 is 24.6. The number of methoxy groups -OCH3 is 2. The number of carbonyl (C=O) groups excluding carboxylic acids is 7. The van der Waals surface area contributed by atoms with Gasteiger partial charge in [-0.1, -0.05) is 12.1 Å². The highest BCUT2D eigenvalue weighted by molar-refractivity contribution is 6.01. The molecular formula is C34H53N7O14. The molecule has 21 nitrogen and oxygen atoms in total. The van der Waals surface area contributed by atoms with Gasteiger partial charge in [-0.05, 0) is 50.8 Å². The van der Waals surface area contributed by atoms with E-state index < -0.39 is 72.2 Å². The number of primary amides is 1. The van der Waals surface area contributed by atoms with Gasteiger partial charge in [0, 0.05) is 26.5 Å². The van der Waals surface area contributed by atoms with Gasteiger partial charge < -0.3 is 66.4 Å². The number of rotatable bonds is 28. The molecule has 0 aliphatic rings. The lowest BCUT2D eigenvalue weighted by molar-refractivity contribution is -0.134. The molecule has 0 fully saturated rings. The number of nitrogens with one attached hydrogen (secondary N) is 6. The molecular weight excluding hydrogens is 730 g/mol. The summed E-state index contributed by atoms with van der Waals surface area (Å²) >= 11 is 0. The first-order valence-electron chi connectivity index (χ1n) is 17.3. The summed E-state index contributed by atoms with van der Waals surface area (Å²) in [6, 6.07) is 0.964. The Labute approximate surface area is 318 Å². The van der Waals surface area contributed by atoms with E-state index in [2.05, 4.69) is 36.6 Å². The number of nitrogens with two attached hydrogens (primary N) is 1. The molecule has 0 radical (unpaired) electrons. The van der Waals surface area contributed by atoms with Crippen LogP contribution in [0.15, 0.2) is 24.3 Å². The Morgan fingerprint density at radius 3 is 1.82 bits per heavy atom. The van der Waals surface area contributed by atoms with Gasteiger partial charge in [0.15, 0.2) is 0 Å². The van der Waals surface area contributed by atoms with Gasteiger partial charge in [-0.3, -0.25) is 33.6 Å². The molecule has 0 spiro atoms. The van der Waals surface area contributed by atoms with Crippen molar-refractivity contribution in [1.82, 2.24) is 26.6 Å². The second-order valence-electron chi connectivity index (χ2n) is 12.0. The van der Waals surface area contributed by atoms with Crippen LogP contribution in [0, 0.1) is 0 Å². The molecule has 55 heavy (non-hydrogen) atoms. The minimum atomic E-state index is -1.45. The van der Waals surface area contributed by atoms with Crippen molar-refractivity contribution in [2.24, 2.45) is 5.73 Å². The van der Waals surface area contributed by atoms with Crippen LogP contribution >= 0.6 is 0 Å². The maximum atomic E-state index is 13.2. The maximum Gasteiger partial charge on any atom is 0.506 e. The SMILES string of the molecule is COCCOCC(=O)NCCCC[C@H](NC(=O)COCCOC)C(=O)N[C@H](C)C(=O)N[C@H](C)C(=O)N[C@H](CC(N)=O)C(=O)Nc1ccc(COC(=O)O)cc1. The molecule has 0 heterocycles. The van der Waals surface area contributed by atoms with Crippen LogP contribution in [0.25, 0.3) is 0 Å². The molecule has 0 aromatic heterocycles. The van der Waals surface area contributed by atoms with E-state index in [0.29, 0.717) is 25.0 Å². The van der Waals surface area contributed by atoms with E-state index in [0.717, 1.165) is 0 Å². The number of carbonyl (C=O) groups is 8. The molecule has 1 aromatic carbocycles. The Kier molecular flexibility index (Phi) is 23.6. The third-order valence-corrected chi connectivity index (χ3v) is 7.35. The maximum absolute atomic E-state index is 13.2. The van der Waals surface area contributed by atoms with Gasteiger partial charge in [0.05, 0.1) is 32.8 Å². The monoisotopic (exact) mass is 783 g/mol. The first-order chi connectivity index (χ1) is 26.2. The number of hydrogen-bond donors (Lipinski definition) is 8. The molecule has 308 valence electrons. The molecule has 0 aliphatic carbocycles. The zero-order valence-electron chi connectivity index (χ0n) is 31.4. The zero-order chi connectivity index (χ0) is 41.2. The van der Waals surface area contributed by atoms with E-state index in [9.17, 15) is 38.4 Å². The van der Waals surface area contributed by atoms with Crippen molar-refractivity contribution < 1.29 is 67.1 Å². The number of unbranched alkanes of at least 4 members (excludes halogenated alkanes) is 1. The molecule has 9 N–H and O–H groups in total. The summed E-state index contributed by atoms with van der Waals surface area (Å²) in [7, 11) is 2.98. The van der Waals surface area contributed by atoms with Crippen molar-refractivity contribution in [3.05, 3.63) is 29.8 Å². The highest BCUT2D eigenvalue weighted by atomic mass is 16.7. The Morgan fingerprint density at radius 1 is 0.691 bits per heavy atom. The second kappa shape index (κ2) is 27.2. The molecule has 0 saturated heterocycles. The van der Waals surface area contributed by atoms with Crippen LogP contribution in [0.1, 0.15) is 45.1 Å². The minimum Gasteiger partial charge on any atom is -0.450 e. The Hall–Kier alpha value is -5.38. The van der Waals surface area contributed by atoms with Gasteiger partial charge in [-0.25, -0.2) is 4.79 Å². The molecule has 4 atom stereocenters. The molecule has 21 heteroatoms. The Balaban J connectivity index is 2.78. The van der Waals surface area contributed by atoms with Crippen LogP contribution in [0.2, 0.25) is 0 Å². The molecule has 0 aliphatic heterocycles. The quantitative estimate of drug-likeness (QED) is 0.0347. The number of carboxylic acid groups (broad SMARTS) is 1. The van der Waals surface area contributed by atoms with Crippen molar-refractivity contribution in [2.45, 2.75) is 70.3 Å². The van der Waals surface area contributed by atoms with Gasteiger partial charge in [0.1, 0.15) is 44.0 Å². The number of ether oxygens (including phenoxy) is 5. The lowest BCUT2D eigenvalue weighted by Gasteiger charge is -2.23. The molecule has 7 amide bonds. The smallest absolute Gasteiger partial charge is 0.450 e. The molecule has 0 saturated carbocycles. The van der Waals surface area contributed by atoms with Crippen molar-refractivity contribution in [3.63, 3.8) is 0 Å². The number of hydrogen-bond acceptors (Lipinski definition) is 13. The second-order valence-corrected chi connectivity index (χ2v) is 12.0. The summed E-state index contributed by atoms with van der Waals surface area (Å²) in [6.45, 7) is 3.28. The van der Waals surface area contributed by atoms with E-state index in [1.807, 2.05) is 0 Å². The third-order valence-electron chi connectivity index (χ3n) is 7.35. The van der Waals surface area contributed by atoms with Gasteiger partial charge in [-0.15, -0.1) is 0 Å². The number of anilines is 1. The first-order valence-corrected chi connectivity index (χ1v) is 17.3. The zero-order valence-corrected chi connectivity index (χ0v) is 31.4. The molecule has 0 unspecified atom stereocenters. The number of amides is 7. The van der Waals surface area contributed by atoms with Gasteiger partial charge >= 0.3 is 6.16 Å². The molecule has 1 rings (SSSR count). The van der Waals surface area contributed by atoms with E-state index in [-0.39, 0.29) is 64.2 Å². The third kappa shape index (κ3) is 21.8. The van der Waals surface area contributed by atoms with Crippen molar-refractivity contribution in [2.75, 3.05) is 65.7 Å². The lowest BCUT2D eigenvalue weighted by Crippen LogP contribution is -2.57. The summed E-state index contributed by atoms with van der Waals surface area (Å²) in [5, 5.41) is 23.7. The molecule has 0 bridgehead atoms. The van der Waals surface area contributed by atoms with E-state index in [4.69, 9.17) is 29.8 Å². The lowest BCUT2D eigenvalue weighted by atomic mass is 10.1. The number of benzene rings is 1. The largest absolute Gasteiger partial charge is 0.506 e. The van der Waals surface area contributed by atoms with Crippen LogP contribution in [0.4, 0.5) is 10.5 Å². The fraction of sp³-hybridized carbons (Fsp3) is 0.588. The summed E-state index contributed by atoms with van der Waals surface area (Å²) in [5.74, 6) is -4.92. The summed E-state index contributed by atoms with van der Waals surface area (Å²) in [5.41, 5.74) is 6.05. The van der Waals surface area contributed by atoms with Gasteiger partial charge in [-0.2, -0.15) is 0 Å². The highest BCUT2D eigenvalue weighted by Crippen LogP contribution is 2.12. The fourth-order valence-corrected chi connectivity index (χ4v) is 4.42. The van der Waals surface area contributed by atoms with Crippen LogP contribution in [-0.2, 0) is 63.9 Å². The van der Waals surface area contributed by atoms with E-state index >= 15 is 0 Å². The van der Waals surface area contributed by atoms with Crippen LogP contribution in [0.5, 0.6) is 0 Å². The van der Waals surface area contributed by atoms with Crippen molar-refractivity contribution in [1.29, 1.82) is 0 Å². The minimum absolute atomic E-state index is 0.136. The normalized spacial score (nSPS) is 12.9. The standard InChI is InChI=1S/C34H53N7O14/c1-21(38-32(47)25(40-29(44)20-54-16-14-52-4)7-5-6-12-36-28(43)19-53-15-13-51-3)30(45)37-22(2)31(46)41-26(17-27(35)42)33(48)39-24-10-8-23(9-11-24)18-55-34(49)50/h8-11,21-22,25-26H,5-7,12-20H2,1-4H3,(H2,35,42)(H,36,43)(H,37,45)(H,38,47)(H,39,48)(H,40,44)(H,41,46)(H,49,50)/t21-,22-,25+,26-/m1/s1. The fourth-order valence-electron chi connectivity index (χ4n) is 4.42. The topological polar surface area (TPSA) is 301 Å². The van der Waals surface area contributed by atoms with E-state index in [1.165, 1.54) is 52.3 Å². The Bertz CT molecular complexity index is 1410. The summed E-state index contributed by atoms with van der Waals surface area (Å²) in [6.07, 6.45) is -1.02. The van der Waals surface area contributed by atoms with E-state index in [1.54, 1.807) is 0 Å². The van der Waals surface area contributed by atoms with Crippen molar-refractivity contribution >= 4 is 53.2 Å². The van der Waals surface area contributed by atoms with Gasteiger partial charge in [0.2, 0.25) is 41.4 Å². The van der Waals surface area contributed by atoms with Crippen LogP contribution < -0.4 is 37.6 Å². The van der Waals surface area contributed by atoms with Gasteiger partial charge in [0.25, 0.3) is 0 Å². The first kappa shape index (κ1) is 47.6.